The molecule has 2 heterocycles. The van der Waals surface area contributed by atoms with Gasteiger partial charge in [-0.1, -0.05) is 78.9 Å². The van der Waals surface area contributed by atoms with Crippen LogP contribution in [0.4, 0.5) is 0 Å². The minimum atomic E-state index is 0.477. The summed E-state index contributed by atoms with van der Waals surface area (Å²) in [7, 11) is 0. The molecular weight excluding hydrogens is 462 g/mol. The van der Waals surface area contributed by atoms with Gasteiger partial charge in [0.05, 0.1) is 22.1 Å². The van der Waals surface area contributed by atoms with E-state index in [9.17, 15) is 0 Å². The van der Waals surface area contributed by atoms with E-state index in [-0.39, 0.29) is 0 Å². The highest BCUT2D eigenvalue weighted by atomic mass is 32.1. The molecule has 1 saturated heterocycles. The SMILES string of the molecule is S=C(Oc1ccc2nc3c4ccccc4c4ccccc4c3nc2c1)N1CC[C@H](c2ccccc2)C1. The molecule has 1 aromatic heterocycles. The minimum absolute atomic E-state index is 0.477. The summed E-state index contributed by atoms with van der Waals surface area (Å²) in [5, 5.41) is 5.11. The van der Waals surface area contributed by atoms with Gasteiger partial charge in [0.1, 0.15) is 5.75 Å². The van der Waals surface area contributed by atoms with E-state index in [1.165, 1.54) is 16.3 Å². The molecule has 174 valence electrons. The average Bonchev–Trinajstić information content (AvgIpc) is 3.44. The Morgan fingerprint density at radius 2 is 1.33 bits per heavy atom. The summed E-state index contributed by atoms with van der Waals surface area (Å²) in [5.74, 6) is 1.17. The number of hydrogen-bond acceptors (Lipinski definition) is 4. The molecule has 4 nitrogen and oxygen atoms in total. The molecular formula is C31H23N3OS. The molecule has 1 atom stereocenters. The third-order valence-electron chi connectivity index (χ3n) is 7.21. The summed E-state index contributed by atoms with van der Waals surface area (Å²) < 4.78 is 6.15. The second kappa shape index (κ2) is 8.54. The quantitative estimate of drug-likeness (QED) is 0.147. The summed E-state index contributed by atoms with van der Waals surface area (Å²) in [6.45, 7) is 1.77. The summed E-state index contributed by atoms with van der Waals surface area (Å²) in [6.07, 6.45) is 1.07. The number of thiocarbonyl (C=S) groups is 1. The van der Waals surface area contributed by atoms with Crippen LogP contribution in [-0.2, 0) is 0 Å². The molecule has 6 aromatic rings. The third kappa shape index (κ3) is 3.55. The second-order valence-electron chi connectivity index (χ2n) is 9.37. The lowest BCUT2D eigenvalue weighted by molar-refractivity contribution is 0.403. The lowest BCUT2D eigenvalue weighted by atomic mass is 9.99. The van der Waals surface area contributed by atoms with Gasteiger partial charge in [0.2, 0.25) is 0 Å². The van der Waals surface area contributed by atoms with Crippen molar-refractivity contribution in [2.75, 3.05) is 13.1 Å². The van der Waals surface area contributed by atoms with Crippen LogP contribution in [0.1, 0.15) is 17.9 Å². The number of fused-ring (bicyclic) bond motifs is 7. The molecule has 0 radical (unpaired) electrons. The van der Waals surface area contributed by atoms with E-state index in [1.807, 2.05) is 18.2 Å². The molecule has 0 N–H and O–H groups in total. The summed E-state index contributed by atoms with van der Waals surface area (Å²) in [4.78, 5) is 12.3. The minimum Gasteiger partial charge on any atom is -0.432 e. The van der Waals surface area contributed by atoms with Crippen molar-refractivity contribution in [2.45, 2.75) is 12.3 Å². The topological polar surface area (TPSA) is 38.3 Å². The summed E-state index contributed by atoms with van der Waals surface area (Å²) in [6, 6.07) is 33.3. The number of nitrogens with zero attached hydrogens (tertiary/aromatic N) is 3. The maximum absolute atomic E-state index is 6.15. The number of ether oxygens (including phenoxy) is 1. The Hall–Kier alpha value is -4.09. The van der Waals surface area contributed by atoms with Gasteiger partial charge in [-0.3, -0.25) is 0 Å². The second-order valence-corrected chi connectivity index (χ2v) is 9.72. The van der Waals surface area contributed by atoms with Crippen LogP contribution in [0.25, 0.3) is 43.6 Å². The van der Waals surface area contributed by atoms with E-state index in [1.54, 1.807) is 0 Å². The normalized spacial score (nSPS) is 15.8. The van der Waals surface area contributed by atoms with Crippen molar-refractivity contribution in [2.24, 2.45) is 0 Å². The van der Waals surface area contributed by atoms with Gasteiger partial charge >= 0.3 is 0 Å². The number of hydrogen-bond donors (Lipinski definition) is 0. The maximum Gasteiger partial charge on any atom is 0.264 e. The molecule has 1 aliphatic rings. The van der Waals surface area contributed by atoms with Crippen molar-refractivity contribution in [3.8, 4) is 5.75 Å². The number of aromatic nitrogens is 2. The van der Waals surface area contributed by atoms with E-state index in [2.05, 4.69) is 83.8 Å². The highest BCUT2D eigenvalue weighted by Gasteiger charge is 2.26. The molecule has 7 rings (SSSR count). The van der Waals surface area contributed by atoms with Crippen LogP contribution in [0.15, 0.2) is 97.1 Å². The van der Waals surface area contributed by atoms with Crippen molar-refractivity contribution in [3.63, 3.8) is 0 Å². The van der Waals surface area contributed by atoms with E-state index >= 15 is 0 Å². The highest BCUT2D eigenvalue weighted by Crippen LogP contribution is 2.34. The van der Waals surface area contributed by atoms with E-state index in [0.717, 1.165) is 52.3 Å². The van der Waals surface area contributed by atoms with Gasteiger partial charge in [-0.25, -0.2) is 9.97 Å². The van der Waals surface area contributed by atoms with Crippen LogP contribution in [-0.4, -0.2) is 33.1 Å². The average molecular weight is 486 g/mol. The first kappa shape index (κ1) is 21.2. The van der Waals surface area contributed by atoms with E-state index in [4.69, 9.17) is 26.9 Å². The Kier molecular flexibility index (Phi) is 5.03. The van der Waals surface area contributed by atoms with Gasteiger partial charge in [-0.15, -0.1) is 0 Å². The molecule has 0 spiro atoms. The fourth-order valence-electron chi connectivity index (χ4n) is 5.41. The third-order valence-corrected chi connectivity index (χ3v) is 7.55. The van der Waals surface area contributed by atoms with Gasteiger partial charge in [0.15, 0.2) is 0 Å². The van der Waals surface area contributed by atoms with Gasteiger partial charge < -0.3 is 9.64 Å². The van der Waals surface area contributed by atoms with Crippen molar-refractivity contribution >= 4 is 61.0 Å². The van der Waals surface area contributed by atoms with Gasteiger partial charge in [-0.2, -0.15) is 0 Å². The van der Waals surface area contributed by atoms with E-state index in [0.29, 0.717) is 16.8 Å². The molecule has 1 aliphatic heterocycles. The Morgan fingerprint density at radius 1 is 0.722 bits per heavy atom. The van der Waals surface area contributed by atoms with Gasteiger partial charge in [-0.05, 0) is 47.1 Å². The van der Waals surface area contributed by atoms with Crippen LogP contribution < -0.4 is 4.74 Å². The van der Waals surface area contributed by atoms with Crippen molar-refractivity contribution in [1.29, 1.82) is 0 Å². The Morgan fingerprint density at radius 3 is 2.03 bits per heavy atom. The first-order valence-corrected chi connectivity index (χ1v) is 12.7. The Bertz CT molecular complexity index is 1780. The fraction of sp³-hybridized carbons (Fsp3) is 0.129. The van der Waals surface area contributed by atoms with Crippen LogP contribution >= 0.6 is 12.2 Å². The first-order valence-electron chi connectivity index (χ1n) is 12.3. The molecule has 5 heteroatoms. The summed E-state index contributed by atoms with van der Waals surface area (Å²) >= 11 is 5.68. The van der Waals surface area contributed by atoms with Crippen LogP contribution in [0.5, 0.6) is 5.75 Å². The zero-order valence-electron chi connectivity index (χ0n) is 19.6. The molecule has 36 heavy (non-hydrogen) atoms. The molecule has 5 aromatic carbocycles. The smallest absolute Gasteiger partial charge is 0.264 e. The first-order chi connectivity index (χ1) is 17.7. The molecule has 0 saturated carbocycles. The highest BCUT2D eigenvalue weighted by molar-refractivity contribution is 7.80. The van der Waals surface area contributed by atoms with Crippen LogP contribution in [0.3, 0.4) is 0 Å². The van der Waals surface area contributed by atoms with Crippen LogP contribution in [0, 0.1) is 0 Å². The largest absolute Gasteiger partial charge is 0.432 e. The number of likely N-dealkylation sites (tertiary alicyclic amines) is 1. The van der Waals surface area contributed by atoms with Gasteiger partial charge in [0, 0.05) is 35.8 Å². The predicted molar refractivity (Wildman–Crippen MR) is 151 cm³/mol. The maximum atomic E-state index is 6.15. The van der Waals surface area contributed by atoms with E-state index < -0.39 is 0 Å². The molecule has 0 bridgehead atoms. The lowest BCUT2D eigenvalue weighted by Crippen LogP contribution is -2.31. The molecule has 0 aliphatic carbocycles. The monoisotopic (exact) mass is 485 g/mol. The van der Waals surface area contributed by atoms with Crippen molar-refractivity contribution < 1.29 is 4.74 Å². The number of rotatable bonds is 2. The Balaban J connectivity index is 1.24. The fourth-order valence-corrected chi connectivity index (χ4v) is 5.67. The van der Waals surface area contributed by atoms with Crippen molar-refractivity contribution in [1.82, 2.24) is 14.9 Å². The molecule has 0 amide bonds. The predicted octanol–water partition coefficient (Wildman–Crippen LogP) is 7.24. The van der Waals surface area contributed by atoms with Gasteiger partial charge in [0.25, 0.3) is 5.17 Å². The lowest BCUT2D eigenvalue weighted by Gasteiger charge is -2.19. The summed E-state index contributed by atoms with van der Waals surface area (Å²) in [5.41, 5.74) is 4.82. The standard InChI is InChI=1S/C31H23N3OS/c36-31(34-17-16-21(19-34)20-8-2-1-3-9-20)35-22-14-15-27-28(18-22)33-30-26-13-7-5-11-24(26)23-10-4-6-12-25(23)29(30)32-27/h1-15,18,21H,16-17,19H2/t21-/m0/s1. The zero-order valence-corrected chi connectivity index (χ0v) is 20.4. The Labute approximate surface area is 214 Å². The van der Waals surface area contributed by atoms with Crippen LogP contribution in [0.2, 0.25) is 0 Å². The molecule has 1 fully saturated rings. The molecule has 0 unspecified atom stereocenters. The number of benzene rings is 5. The van der Waals surface area contributed by atoms with Crippen molar-refractivity contribution in [3.05, 3.63) is 103 Å². The zero-order chi connectivity index (χ0) is 24.1.